The maximum atomic E-state index is 5.93. The number of thiocarbonyl (C=S) groups is 1. The lowest BCUT2D eigenvalue weighted by atomic mass is 10.3. The molecule has 0 aromatic carbocycles. The third-order valence-electron chi connectivity index (χ3n) is 5.82. The molecule has 11 heteroatoms. The van der Waals surface area contributed by atoms with Crippen molar-refractivity contribution in [1.82, 2.24) is 29.7 Å². The molecule has 4 aromatic heterocycles. The monoisotopic (exact) mass is 493 g/mol. The smallest absolute Gasteiger partial charge is 0.205 e. The number of likely N-dealkylation sites (tertiary alicyclic amines) is 1. The first-order valence-corrected chi connectivity index (χ1v) is 12.5. The van der Waals surface area contributed by atoms with E-state index in [0.29, 0.717) is 22.5 Å². The molecule has 0 amide bonds. The summed E-state index contributed by atoms with van der Waals surface area (Å²) in [5.41, 5.74) is 9.09. The van der Waals surface area contributed by atoms with Crippen LogP contribution in [0.2, 0.25) is 0 Å². The molecule has 1 saturated heterocycles. The molecule has 4 aromatic rings. The molecule has 1 fully saturated rings. The predicted octanol–water partition coefficient (Wildman–Crippen LogP) is 2.99. The Morgan fingerprint density at radius 3 is 3.03 bits per heavy atom. The van der Waals surface area contributed by atoms with Gasteiger partial charge in [0.05, 0.1) is 24.1 Å². The van der Waals surface area contributed by atoms with Crippen molar-refractivity contribution >= 4 is 57.2 Å². The van der Waals surface area contributed by atoms with Crippen LogP contribution in [0.15, 0.2) is 54.3 Å². The molecule has 0 spiro atoms. The van der Waals surface area contributed by atoms with Crippen LogP contribution in [0.3, 0.4) is 0 Å². The number of imidazole rings is 1. The van der Waals surface area contributed by atoms with Gasteiger partial charge in [0.15, 0.2) is 10.8 Å². The topological polar surface area (TPSA) is 109 Å². The predicted molar refractivity (Wildman–Crippen MR) is 142 cm³/mol. The molecule has 5 N–H and O–H groups in total. The van der Waals surface area contributed by atoms with Crippen molar-refractivity contribution in [1.29, 1.82) is 0 Å². The number of rotatable bonds is 8. The van der Waals surface area contributed by atoms with E-state index in [9.17, 15) is 0 Å². The highest BCUT2D eigenvalue weighted by molar-refractivity contribution is 7.80. The van der Waals surface area contributed by atoms with Gasteiger partial charge < -0.3 is 21.7 Å². The molecule has 176 valence electrons. The van der Waals surface area contributed by atoms with Gasteiger partial charge in [0.25, 0.3) is 0 Å². The number of aromatic nitrogens is 4. The minimum absolute atomic E-state index is 0.333. The molecule has 0 bridgehead atoms. The maximum Gasteiger partial charge on any atom is 0.205 e. The van der Waals surface area contributed by atoms with Gasteiger partial charge in [-0.2, -0.15) is 0 Å². The van der Waals surface area contributed by atoms with E-state index in [1.807, 2.05) is 18.3 Å². The Balaban J connectivity index is 1.15. The van der Waals surface area contributed by atoms with Gasteiger partial charge in [-0.1, -0.05) is 6.07 Å². The molecule has 0 radical (unpaired) electrons. The van der Waals surface area contributed by atoms with Gasteiger partial charge in [-0.3, -0.25) is 14.5 Å². The molecule has 5 rings (SSSR count). The lowest BCUT2D eigenvalue weighted by Crippen LogP contribution is -2.37. The fourth-order valence-corrected chi connectivity index (χ4v) is 5.02. The van der Waals surface area contributed by atoms with E-state index in [4.69, 9.17) is 22.9 Å². The van der Waals surface area contributed by atoms with Gasteiger partial charge in [0.2, 0.25) is 5.95 Å². The Labute approximate surface area is 207 Å². The van der Waals surface area contributed by atoms with Gasteiger partial charge in [-0.25, -0.2) is 9.97 Å². The zero-order valence-electron chi connectivity index (χ0n) is 18.6. The van der Waals surface area contributed by atoms with Crippen molar-refractivity contribution in [3.8, 4) is 0 Å². The van der Waals surface area contributed by atoms with Gasteiger partial charge in [0, 0.05) is 49.5 Å². The van der Waals surface area contributed by atoms with E-state index >= 15 is 0 Å². The molecule has 1 unspecified atom stereocenters. The number of fused-ring (bicyclic) bond motifs is 1. The van der Waals surface area contributed by atoms with Crippen LogP contribution >= 0.6 is 23.6 Å². The standard InChI is InChI=1S/C23H27N9S2/c24-18-5-8-25-13-20(18)30-23(33)27-9-11-31-10-6-16(14-31)28-22-29-19-4-1-7-26-21(19)32(22)15-17-3-2-12-34-17/h1-5,7-8,12-13,16H,6,9-11,14-15H2,(H2,24,25)(H,28,29)(H2,27,30,33). The highest BCUT2D eigenvalue weighted by atomic mass is 32.1. The summed E-state index contributed by atoms with van der Waals surface area (Å²) in [5, 5.41) is 12.7. The number of nitrogens with two attached hydrogens (primary N) is 1. The van der Waals surface area contributed by atoms with Crippen molar-refractivity contribution in [3.63, 3.8) is 0 Å². The molecule has 1 atom stereocenters. The van der Waals surface area contributed by atoms with E-state index in [-0.39, 0.29) is 0 Å². The lowest BCUT2D eigenvalue weighted by Gasteiger charge is -2.18. The second kappa shape index (κ2) is 10.3. The third-order valence-corrected chi connectivity index (χ3v) is 6.93. The second-order valence-electron chi connectivity index (χ2n) is 8.22. The maximum absolute atomic E-state index is 5.93. The van der Waals surface area contributed by atoms with Crippen LogP contribution in [0, 0.1) is 0 Å². The molecular weight excluding hydrogens is 466 g/mol. The van der Waals surface area contributed by atoms with E-state index in [0.717, 1.165) is 56.3 Å². The highest BCUT2D eigenvalue weighted by Crippen LogP contribution is 2.23. The fraction of sp³-hybridized carbons (Fsp3) is 0.304. The normalized spacial score (nSPS) is 16.1. The Morgan fingerprint density at radius 2 is 2.18 bits per heavy atom. The lowest BCUT2D eigenvalue weighted by molar-refractivity contribution is 0.341. The number of anilines is 3. The quantitative estimate of drug-likeness (QED) is 0.275. The zero-order chi connectivity index (χ0) is 23.3. The summed E-state index contributed by atoms with van der Waals surface area (Å²) in [4.78, 5) is 17.2. The molecule has 1 aliphatic rings. The molecular formula is C23H27N9S2. The van der Waals surface area contributed by atoms with Crippen molar-refractivity contribution in [2.24, 2.45) is 0 Å². The van der Waals surface area contributed by atoms with Crippen molar-refractivity contribution < 1.29 is 0 Å². The van der Waals surface area contributed by atoms with E-state index < -0.39 is 0 Å². The molecule has 5 heterocycles. The Hall–Kier alpha value is -3.28. The highest BCUT2D eigenvalue weighted by Gasteiger charge is 2.24. The number of hydrogen-bond donors (Lipinski definition) is 4. The van der Waals surface area contributed by atoms with Gasteiger partial charge in [-0.15, -0.1) is 11.3 Å². The summed E-state index contributed by atoms with van der Waals surface area (Å²) < 4.78 is 2.18. The first kappa shape index (κ1) is 22.5. The fourth-order valence-electron chi connectivity index (χ4n) is 4.12. The van der Waals surface area contributed by atoms with Crippen LogP contribution < -0.4 is 21.7 Å². The average molecular weight is 494 g/mol. The largest absolute Gasteiger partial charge is 0.397 e. The Morgan fingerprint density at radius 1 is 1.24 bits per heavy atom. The minimum Gasteiger partial charge on any atom is -0.397 e. The average Bonchev–Trinajstić information content (AvgIpc) is 3.58. The van der Waals surface area contributed by atoms with Crippen LogP contribution in [0.1, 0.15) is 11.3 Å². The van der Waals surface area contributed by atoms with Crippen LogP contribution in [0.4, 0.5) is 17.3 Å². The SMILES string of the molecule is Nc1ccncc1NC(=S)NCCN1CCC(Nc2nc3cccnc3n2Cc2cccs2)C1. The van der Waals surface area contributed by atoms with Crippen molar-refractivity contribution in [2.45, 2.75) is 19.0 Å². The molecule has 1 aliphatic heterocycles. The van der Waals surface area contributed by atoms with Gasteiger partial charge in [0.1, 0.15) is 5.52 Å². The number of pyridine rings is 2. The summed E-state index contributed by atoms with van der Waals surface area (Å²) in [5.74, 6) is 0.881. The number of nitrogen functional groups attached to an aromatic ring is 1. The molecule has 0 saturated carbocycles. The summed E-state index contributed by atoms with van der Waals surface area (Å²) >= 11 is 7.13. The van der Waals surface area contributed by atoms with Gasteiger partial charge >= 0.3 is 0 Å². The van der Waals surface area contributed by atoms with E-state index in [1.165, 1.54) is 4.88 Å². The molecule has 0 aliphatic carbocycles. The summed E-state index contributed by atoms with van der Waals surface area (Å²) in [6, 6.07) is 10.2. The second-order valence-corrected chi connectivity index (χ2v) is 9.66. The van der Waals surface area contributed by atoms with E-state index in [2.05, 4.69) is 52.9 Å². The summed E-state index contributed by atoms with van der Waals surface area (Å²) in [6.07, 6.45) is 6.21. The van der Waals surface area contributed by atoms with Gasteiger partial charge in [-0.05, 0) is 48.3 Å². The zero-order valence-corrected chi connectivity index (χ0v) is 20.3. The number of hydrogen-bond acceptors (Lipinski definition) is 8. The third kappa shape index (κ3) is 5.27. The van der Waals surface area contributed by atoms with Crippen LogP contribution in [-0.4, -0.2) is 61.8 Å². The number of nitrogens with zero attached hydrogens (tertiary/aromatic N) is 5. The number of thiophene rings is 1. The van der Waals surface area contributed by atoms with Crippen LogP contribution in [-0.2, 0) is 6.54 Å². The Bertz CT molecular complexity index is 1250. The van der Waals surface area contributed by atoms with Crippen molar-refractivity contribution in [3.05, 3.63) is 59.2 Å². The first-order valence-electron chi connectivity index (χ1n) is 11.2. The number of nitrogens with one attached hydrogen (secondary N) is 3. The summed E-state index contributed by atoms with van der Waals surface area (Å²) in [6.45, 7) is 4.39. The van der Waals surface area contributed by atoms with Crippen molar-refractivity contribution in [2.75, 3.05) is 42.5 Å². The first-order chi connectivity index (χ1) is 16.7. The molecule has 34 heavy (non-hydrogen) atoms. The Kier molecular flexibility index (Phi) is 6.84. The minimum atomic E-state index is 0.333. The van der Waals surface area contributed by atoms with E-state index in [1.54, 1.807) is 29.8 Å². The summed E-state index contributed by atoms with van der Waals surface area (Å²) in [7, 11) is 0. The van der Waals surface area contributed by atoms with Crippen LogP contribution in [0.5, 0.6) is 0 Å². The van der Waals surface area contributed by atoms with Crippen LogP contribution in [0.25, 0.3) is 11.2 Å². The molecule has 9 nitrogen and oxygen atoms in total.